The first kappa shape index (κ1) is 13.1. The van der Waals surface area contributed by atoms with Gasteiger partial charge in [-0.3, -0.25) is 0 Å². The van der Waals surface area contributed by atoms with Crippen molar-refractivity contribution in [3.05, 3.63) is 60.2 Å². The number of rotatable bonds is 5. The molecule has 0 aliphatic rings. The Bertz CT molecular complexity index is 518. The van der Waals surface area contributed by atoms with Gasteiger partial charge in [-0.1, -0.05) is 30.3 Å². The molecule has 0 aliphatic carbocycles. The molecule has 2 aromatic carbocycles. The van der Waals surface area contributed by atoms with E-state index < -0.39 is 0 Å². The van der Waals surface area contributed by atoms with E-state index in [1.165, 1.54) is 0 Å². The van der Waals surface area contributed by atoms with Crippen LogP contribution in [0, 0.1) is 0 Å². The van der Waals surface area contributed by atoms with Crippen LogP contribution < -0.4 is 4.74 Å². The van der Waals surface area contributed by atoms with Crippen molar-refractivity contribution in [3.63, 3.8) is 0 Å². The van der Waals surface area contributed by atoms with Crippen molar-refractivity contribution < 1.29 is 4.74 Å². The fourth-order valence-electron chi connectivity index (χ4n) is 1.55. The van der Waals surface area contributed by atoms with Crippen LogP contribution in [0.15, 0.2) is 59.6 Å². The van der Waals surface area contributed by atoms with Gasteiger partial charge in [0.15, 0.2) is 0 Å². The number of ether oxygens (including phenoxy) is 1. The highest BCUT2D eigenvalue weighted by molar-refractivity contribution is 5.60. The molecule has 98 valence electrons. The van der Waals surface area contributed by atoms with Crippen molar-refractivity contribution in [2.24, 2.45) is 4.99 Å². The van der Waals surface area contributed by atoms with E-state index in [1.807, 2.05) is 61.5 Å². The number of hydrogen-bond acceptors (Lipinski definition) is 2. The maximum absolute atomic E-state index is 5.71. The molecule has 0 aromatic heterocycles. The molecule has 3 heteroatoms. The highest BCUT2D eigenvalue weighted by Gasteiger charge is 1.95. The zero-order valence-electron chi connectivity index (χ0n) is 11.3. The van der Waals surface area contributed by atoms with Crippen molar-refractivity contribution in [2.75, 3.05) is 14.1 Å². The van der Waals surface area contributed by atoms with Crippen LogP contribution in [-0.4, -0.2) is 25.3 Å². The molecular weight excluding hydrogens is 236 g/mol. The molecule has 0 amide bonds. The van der Waals surface area contributed by atoms with Gasteiger partial charge in [-0.2, -0.15) is 0 Å². The van der Waals surface area contributed by atoms with E-state index in [4.69, 9.17) is 4.74 Å². The zero-order valence-corrected chi connectivity index (χ0v) is 11.3. The van der Waals surface area contributed by atoms with Crippen LogP contribution in [0.3, 0.4) is 0 Å². The molecule has 0 bridgehead atoms. The first-order valence-electron chi connectivity index (χ1n) is 6.21. The maximum atomic E-state index is 5.71. The van der Waals surface area contributed by atoms with Crippen molar-refractivity contribution in [1.29, 1.82) is 0 Å². The number of benzene rings is 2. The van der Waals surface area contributed by atoms with Crippen LogP contribution in [-0.2, 0) is 6.61 Å². The van der Waals surface area contributed by atoms with Crippen LogP contribution in [0.5, 0.6) is 5.75 Å². The molecule has 0 radical (unpaired) electrons. The van der Waals surface area contributed by atoms with Gasteiger partial charge in [0, 0.05) is 14.1 Å². The topological polar surface area (TPSA) is 24.8 Å². The van der Waals surface area contributed by atoms with Crippen molar-refractivity contribution in [2.45, 2.75) is 6.61 Å². The van der Waals surface area contributed by atoms with Gasteiger partial charge in [0.05, 0.1) is 12.0 Å². The highest BCUT2D eigenvalue weighted by Crippen LogP contribution is 2.18. The Hall–Kier alpha value is -2.29. The van der Waals surface area contributed by atoms with Crippen molar-refractivity contribution in [3.8, 4) is 5.75 Å². The summed E-state index contributed by atoms with van der Waals surface area (Å²) in [6.07, 6.45) is 1.78. The molecule has 0 saturated carbocycles. The van der Waals surface area contributed by atoms with Crippen LogP contribution in [0.1, 0.15) is 5.56 Å². The third-order valence-electron chi connectivity index (χ3n) is 2.52. The van der Waals surface area contributed by atoms with Crippen LogP contribution >= 0.6 is 0 Å². The van der Waals surface area contributed by atoms with E-state index in [2.05, 4.69) is 17.1 Å². The van der Waals surface area contributed by atoms with Crippen LogP contribution in [0.25, 0.3) is 0 Å². The Morgan fingerprint density at radius 2 is 1.68 bits per heavy atom. The second-order valence-corrected chi connectivity index (χ2v) is 4.48. The van der Waals surface area contributed by atoms with Crippen LogP contribution in [0.4, 0.5) is 5.69 Å². The molecule has 2 rings (SSSR count). The molecule has 0 atom stereocenters. The minimum Gasteiger partial charge on any atom is -0.489 e. The number of hydrogen-bond donors (Lipinski definition) is 0. The summed E-state index contributed by atoms with van der Waals surface area (Å²) in [6.45, 7) is 0.584. The molecule has 2 aromatic rings. The van der Waals surface area contributed by atoms with E-state index >= 15 is 0 Å². The summed E-state index contributed by atoms with van der Waals surface area (Å²) in [7, 11) is 3.89. The monoisotopic (exact) mass is 254 g/mol. The SMILES string of the molecule is CN(C)C=Nc1ccc(OCc2ccccc2)cc1. The molecule has 19 heavy (non-hydrogen) atoms. The Morgan fingerprint density at radius 3 is 2.32 bits per heavy atom. The molecule has 0 unspecified atom stereocenters. The van der Waals surface area contributed by atoms with Crippen molar-refractivity contribution >= 4 is 12.0 Å². The molecule has 0 aliphatic heterocycles. The summed E-state index contributed by atoms with van der Waals surface area (Å²) in [5, 5.41) is 0. The van der Waals surface area contributed by atoms with E-state index in [9.17, 15) is 0 Å². The first-order chi connectivity index (χ1) is 9.24. The standard InChI is InChI=1S/C16H18N2O/c1-18(2)13-17-15-8-10-16(11-9-15)19-12-14-6-4-3-5-7-14/h3-11,13H,12H2,1-2H3. The molecule has 0 heterocycles. The van der Waals surface area contributed by atoms with E-state index in [0.717, 1.165) is 17.0 Å². The summed E-state index contributed by atoms with van der Waals surface area (Å²) in [5.74, 6) is 0.854. The molecule has 0 N–H and O–H groups in total. The molecule has 0 fully saturated rings. The fraction of sp³-hybridized carbons (Fsp3) is 0.188. The van der Waals surface area contributed by atoms with E-state index in [-0.39, 0.29) is 0 Å². The maximum Gasteiger partial charge on any atom is 0.119 e. The molecule has 0 saturated heterocycles. The normalized spacial score (nSPS) is 10.6. The Kier molecular flexibility index (Phi) is 4.56. The lowest BCUT2D eigenvalue weighted by atomic mass is 10.2. The summed E-state index contributed by atoms with van der Waals surface area (Å²) >= 11 is 0. The van der Waals surface area contributed by atoms with E-state index in [0.29, 0.717) is 6.61 Å². The van der Waals surface area contributed by atoms with Gasteiger partial charge in [0.2, 0.25) is 0 Å². The molecule has 3 nitrogen and oxygen atoms in total. The smallest absolute Gasteiger partial charge is 0.119 e. The lowest BCUT2D eigenvalue weighted by Gasteiger charge is -2.06. The second-order valence-electron chi connectivity index (χ2n) is 4.48. The third kappa shape index (κ3) is 4.47. The van der Waals surface area contributed by atoms with E-state index in [1.54, 1.807) is 6.34 Å². The summed E-state index contributed by atoms with van der Waals surface area (Å²) in [6, 6.07) is 17.9. The Balaban J connectivity index is 1.92. The number of aliphatic imine (C=N–C) groups is 1. The summed E-state index contributed by atoms with van der Waals surface area (Å²) in [4.78, 5) is 6.21. The lowest BCUT2D eigenvalue weighted by Crippen LogP contribution is -2.06. The summed E-state index contributed by atoms with van der Waals surface area (Å²) in [5.41, 5.74) is 2.08. The van der Waals surface area contributed by atoms with Gasteiger partial charge in [-0.05, 0) is 29.8 Å². The minimum absolute atomic E-state index is 0.584. The highest BCUT2D eigenvalue weighted by atomic mass is 16.5. The minimum atomic E-state index is 0.584. The predicted molar refractivity (Wildman–Crippen MR) is 79.1 cm³/mol. The second kappa shape index (κ2) is 6.59. The average Bonchev–Trinajstić information content (AvgIpc) is 2.45. The Labute approximate surface area is 114 Å². The fourth-order valence-corrected chi connectivity index (χ4v) is 1.55. The third-order valence-corrected chi connectivity index (χ3v) is 2.52. The van der Waals surface area contributed by atoms with Gasteiger partial charge in [-0.25, -0.2) is 4.99 Å². The van der Waals surface area contributed by atoms with Crippen LogP contribution in [0.2, 0.25) is 0 Å². The average molecular weight is 254 g/mol. The summed E-state index contributed by atoms with van der Waals surface area (Å²) < 4.78 is 5.71. The number of nitrogens with zero attached hydrogens (tertiary/aromatic N) is 2. The predicted octanol–water partition coefficient (Wildman–Crippen LogP) is 3.49. The molecule has 0 spiro atoms. The Morgan fingerprint density at radius 1 is 1.00 bits per heavy atom. The van der Waals surface area contributed by atoms with Gasteiger partial charge in [0.1, 0.15) is 12.4 Å². The largest absolute Gasteiger partial charge is 0.489 e. The lowest BCUT2D eigenvalue weighted by molar-refractivity contribution is 0.306. The van der Waals surface area contributed by atoms with Gasteiger partial charge < -0.3 is 9.64 Å². The van der Waals surface area contributed by atoms with Gasteiger partial charge in [0.25, 0.3) is 0 Å². The first-order valence-corrected chi connectivity index (χ1v) is 6.21. The van der Waals surface area contributed by atoms with Gasteiger partial charge in [-0.15, -0.1) is 0 Å². The molecular formula is C16H18N2O. The van der Waals surface area contributed by atoms with Gasteiger partial charge >= 0.3 is 0 Å². The van der Waals surface area contributed by atoms with Crippen molar-refractivity contribution in [1.82, 2.24) is 4.90 Å². The quantitative estimate of drug-likeness (QED) is 0.602. The zero-order chi connectivity index (χ0) is 13.5.